The van der Waals surface area contributed by atoms with E-state index in [4.69, 9.17) is 11.6 Å². The summed E-state index contributed by atoms with van der Waals surface area (Å²) in [6, 6.07) is 10.4. The third-order valence-electron chi connectivity index (χ3n) is 2.90. The first-order valence-electron chi connectivity index (χ1n) is 5.71. The van der Waals surface area contributed by atoms with Crippen molar-refractivity contribution in [1.29, 1.82) is 0 Å². The third kappa shape index (κ3) is 2.71. The van der Waals surface area contributed by atoms with E-state index in [1.54, 1.807) is 30.3 Å². The Morgan fingerprint density at radius 2 is 1.79 bits per heavy atom. The van der Waals surface area contributed by atoms with Crippen LogP contribution in [0.15, 0.2) is 36.4 Å². The fraction of sp³-hybridized carbons (Fsp3) is 0.133. The second-order valence-corrected chi connectivity index (χ2v) is 4.59. The minimum Gasteiger partial charge on any atom is -0.508 e. The number of esters is 1. The predicted molar refractivity (Wildman–Crippen MR) is 74.6 cm³/mol. The van der Waals surface area contributed by atoms with E-state index >= 15 is 0 Å². The molecular weight excluding hydrogens is 264 g/mol. The van der Waals surface area contributed by atoms with Crippen LogP contribution in [0.5, 0.6) is 5.75 Å². The van der Waals surface area contributed by atoms with Crippen LogP contribution in [0.25, 0.3) is 11.1 Å². The fourth-order valence-corrected chi connectivity index (χ4v) is 2.06. The Morgan fingerprint density at radius 1 is 1.16 bits per heavy atom. The van der Waals surface area contributed by atoms with Gasteiger partial charge in [-0.15, -0.1) is 0 Å². The highest BCUT2D eigenvalue weighted by Crippen LogP contribution is 2.29. The third-order valence-corrected chi connectivity index (χ3v) is 3.22. The average molecular weight is 277 g/mol. The lowest BCUT2D eigenvalue weighted by molar-refractivity contribution is 0.0601. The molecule has 0 aliphatic rings. The Hall–Kier alpha value is -2.00. The van der Waals surface area contributed by atoms with Crippen molar-refractivity contribution in [2.45, 2.75) is 6.92 Å². The zero-order valence-corrected chi connectivity index (χ0v) is 11.4. The molecule has 0 radical (unpaired) electrons. The van der Waals surface area contributed by atoms with Crippen LogP contribution in [0.2, 0.25) is 5.02 Å². The van der Waals surface area contributed by atoms with Crippen LogP contribution in [0.3, 0.4) is 0 Å². The number of hydrogen-bond acceptors (Lipinski definition) is 3. The number of carbonyl (C=O) groups excluding carboxylic acids is 1. The molecule has 0 spiro atoms. The molecule has 2 aromatic rings. The van der Waals surface area contributed by atoms with E-state index < -0.39 is 5.97 Å². The van der Waals surface area contributed by atoms with Gasteiger partial charge in [-0.2, -0.15) is 0 Å². The number of phenolic OH excluding ortho intramolecular Hbond substituents is 1. The Morgan fingerprint density at radius 3 is 2.37 bits per heavy atom. The lowest BCUT2D eigenvalue weighted by Crippen LogP contribution is -2.01. The van der Waals surface area contributed by atoms with Crippen molar-refractivity contribution in [1.82, 2.24) is 0 Å². The van der Waals surface area contributed by atoms with E-state index in [0.717, 1.165) is 16.7 Å². The first-order valence-corrected chi connectivity index (χ1v) is 6.08. The predicted octanol–water partition coefficient (Wildman–Crippen LogP) is 3.81. The molecule has 1 N–H and O–H groups in total. The number of aryl methyl sites for hydroxylation is 1. The molecule has 0 heterocycles. The van der Waals surface area contributed by atoms with Crippen LogP contribution in [-0.4, -0.2) is 18.2 Å². The molecule has 0 unspecified atom stereocenters. The quantitative estimate of drug-likeness (QED) is 0.849. The van der Waals surface area contributed by atoms with Gasteiger partial charge in [0.2, 0.25) is 0 Å². The smallest absolute Gasteiger partial charge is 0.339 e. The van der Waals surface area contributed by atoms with Crippen molar-refractivity contribution in [3.63, 3.8) is 0 Å². The lowest BCUT2D eigenvalue weighted by atomic mass is 10.0. The van der Waals surface area contributed by atoms with Crippen molar-refractivity contribution in [3.05, 3.63) is 52.5 Å². The Kier molecular flexibility index (Phi) is 3.76. The van der Waals surface area contributed by atoms with E-state index in [2.05, 4.69) is 4.74 Å². The summed E-state index contributed by atoms with van der Waals surface area (Å²) >= 11 is 6.07. The molecule has 19 heavy (non-hydrogen) atoms. The van der Waals surface area contributed by atoms with Gasteiger partial charge in [-0.05, 0) is 47.9 Å². The minimum atomic E-state index is -0.460. The van der Waals surface area contributed by atoms with E-state index in [-0.39, 0.29) is 5.75 Å². The van der Waals surface area contributed by atoms with Gasteiger partial charge in [0.15, 0.2) is 0 Å². The second kappa shape index (κ2) is 5.33. The van der Waals surface area contributed by atoms with Crippen molar-refractivity contribution in [3.8, 4) is 16.9 Å². The fourth-order valence-electron chi connectivity index (χ4n) is 1.81. The molecular formula is C15H13ClO3. The maximum atomic E-state index is 11.4. The zero-order chi connectivity index (χ0) is 14.0. The molecule has 0 aromatic heterocycles. The molecule has 0 fully saturated rings. The summed E-state index contributed by atoms with van der Waals surface area (Å²) in [6.07, 6.45) is 0. The van der Waals surface area contributed by atoms with Gasteiger partial charge in [-0.3, -0.25) is 0 Å². The van der Waals surface area contributed by atoms with Crippen LogP contribution < -0.4 is 0 Å². The molecule has 0 bridgehead atoms. The number of carbonyl (C=O) groups is 1. The zero-order valence-electron chi connectivity index (χ0n) is 10.6. The lowest BCUT2D eigenvalue weighted by Gasteiger charge is -2.07. The molecule has 4 heteroatoms. The van der Waals surface area contributed by atoms with Gasteiger partial charge < -0.3 is 9.84 Å². The number of rotatable bonds is 2. The first kappa shape index (κ1) is 13.4. The van der Waals surface area contributed by atoms with Crippen molar-refractivity contribution >= 4 is 17.6 Å². The van der Waals surface area contributed by atoms with E-state index in [1.807, 2.05) is 13.0 Å². The van der Waals surface area contributed by atoms with Gasteiger partial charge >= 0.3 is 5.97 Å². The minimum absolute atomic E-state index is 0.251. The highest BCUT2D eigenvalue weighted by molar-refractivity contribution is 6.33. The van der Waals surface area contributed by atoms with Crippen LogP contribution in [0, 0.1) is 6.92 Å². The molecule has 0 aliphatic carbocycles. The average Bonchev–Trinajstić information content (AvgIpc) is 2.41. The number of halogens is 1. The van der Waals surface area contributed by atoms with Crippen LogP contribution >= 0.6 is 11.6 Å². The summed E-state index contributed by atoms with van der Waals surface area (Å²) < 4.78 is 4.64. The van der Waals surface area contributed by atoms with Gasteiger partial charge in [0.05, 0.1) is 17.7 Å². The topological polar surface area (TPSA) is 46.5 Å². The van der Waals surface area contributed by atoms with E-state index in [0.29, 0.717) is 10.6 Å². The molecule has 0 amide bonds. The molecule has 2 aromatic carbocycles. The summed E-state index contributed by atoms with van der Waals surface area (Å²) in [7, 11) is 1.32. The Balaban J connectivity index is 2.44. The number of methoxy groups -OCH3 is 1. The number of aromatic hydroxyl groups is 1. The molecule has 98 valence electrons. The van der Waals surface area contributed by atoms with Crippen LogP contribution in [0.4, 0.5) is 0 Å². The van der Waals surface area contributed by atoms with Crippen LogP contribution in [-0.2, 0) is 4.74 Å². The van der Waals surface area contributed by atoms with Crippen molar-refractivity contribution in [2.75, 3.05) is 7.11 Å². The maximum absolute atomic E-state index is 11.4. The highest BCUT2D eigenvalue weighted by Gasteiger charge is 2.11. The van der Waals surface area contributed by atoms with Crippen molar-refractivity contribution < 1.29 is 14.6 Å². The summed E-state index contributed by atoms with van der Waals surface area (Å²) in [5.41, 5.74) is 2.92. The molecule has 0 atom stereocenters. The SMILES string of the molecule is COC(=O)c1ccc(-c2ccc(O)c(C)c2)cc1Cl. The monoisotopic (exact) mass is 276 g/mol. The van der Waals surface area contributed by atoms with E-state index in [9.17, 15) is 9.90 Å². The Labute approximate surface area is 116 Å². The first-order chi connectivity index (χ1) is 9.02. The van der Waals surface area contributed by atoms with Gasteiger partial charge in [0.25, 0.3) is 0 Å². The van der Waals surface area contributed by atoms with Gasteiger partial charge in [-0.25, -0.2) is 4.79 Å². The summed E-state index contributed by atoms with van der Waals surface area (Å²) in [4.78, 5) is 11.4. The van der Waals surface area contributed by atoms with Crippen LogP contribution in [0.1, 0.15) is 15.9 Å². The summed E-state index contributed by atoms with van der Waals surface area (Å²) in [6.45, 7) is 1.82. The number of benzene rings is 2. The number of phenols is 1. The largest absolute Gasteiger partial charge is 0.508 e. The Bertz CT molecular complexity index is 635. The summed E-state index contributed by atoms with van der Waals surface area (Å²) in [5.74, 6) is -0.209. The molecule has 3 nitrogen and oxygen atoms in total. The van der Waals surface area contributed by atoms with Crippen molar-refractivity contribution in [2.24, 2.45) is 0 Å². The van der Waals surface area contributed by atoms with Gasteiger partial charge in [0, 0.05) is 0 Å². The second-order valence-electron chi connectivity index (χ2n) is 4.19. The van der Waals surface area contributed by atoms with Gasteiger partial charge in [0.1, 0.15) is 5.75 Å². The molecule has 0 aliphatic heterocycles. The highest BCUT2D eigenvalue weighted by atomic mass is 35.5. The molecule has 2 rings (SSSR count). The normalized spacial score (nSPS) is 10.3. The molecule has 0 saturated carbocycles. The molecule has 0 saturated heterocycles. The summed E-state index contributed by atoms with van der Waals surface area (Å²) in [5, 5.41) is 9.85. The number of ether oxygens (including phenoxy) is 1. The standard InChI is InChI=1S/C15H13ClO3/c1-9-7-10(4-6-14(9)17)11-3-5-12(13(16)8-11)15(18)19-2/h3-8,17H,1-2H3. The maximum Gasteiger partial charge on any atom is 0.339 e. The number of hydrogen-bond donors (Lipinski definition) is 1. The van der Waals surface area contributed by atoms with E-state index in [1.165, 1.54) is 7.11 Å². The van der Waals surface area contributed by atoms with Gasteiger partial charge in [-0.1, -0.05) is 23.7 Å².